The summed E-state index contributed by atoms with van der Waals surface area (Å²) in [5, 5.41) is 16.6. The normalized spacial score (nSPS) is 15.4. The van der Waals surface area contributed by atoms with E-state index in [0.29, 0.717) is 18.3 Å². The maximum Gasteiger partial charge on any atom is 0.204 e. The maximum atomic E-state index is 6.01. The van der Waals surface area contributed by atoms with Crippen molar-refractivity contribution in [2.75, 3.05) is 5.32 Å². The molecule has 7 nitrogen and oxygen atoms in total. The Morgan fingerprint density at radius 2 is 1.91 bits per heavy atom. The smallest absolute Gasteiger partial charge is 0.204 e. The van der Waals surface area contributed by atoms with Gasteiger partial charge >= 0.3 is 0 Å². The van der Waals surface area contributed by atoms with Crippen LogP contribution >= 0.6 is 0 Å². The van der Waals surface area contributed by atoms with Crippen LogP contribution in [0.15, 0.2) is 66.9 Å². The molecule has 2 fully saturated rings. The number of nitrogens with zero attached hydrogens (tertiary/aromatic N) is 5. The minimum atomic E-state index is 0.466. The van der Waals surface area contributed by atoms with Crippen molar-refractivity contribution < 1.29 is 4.74 Å². The molecular weight excluding hydrogens is 412 g/mol. The second kappa shape index (κ2) is 8.65. The van der Waals surface area contributed by atoms with E-state index in [1.54, 1.807) is 11.0 Å². The quantitative estimate of drug-likeness (QED) is 0.380. The first-order valence-electron chi connectivity index (χ1n) is 11.6. The predicted molar refractivity (Wildman–Crippen MR) is 126 cm³/mol. The molecule has 0 saturated heterocycles. The molecule has 0 unspecified atom stereocenters. The lowest BCUT2D eigenvalue weighted by Gasteiger charge is -2.15. The molecule has 2 aromatic heterocycles. The lowest BCUT2D eigenvalue weighted by molar-refractivity contribution is 0.301. The summed E-state index contributed by atoms with van der Waals surface area (Å²) in [6.45, 7) is 1.33. The number of nitrogens with one attached hydrogen (secondary N) is 1. The van der Waals surface area contributed by atoms with E-state index in [4.69, 9.17) is 4.74 Å². The van der Waals surface area contributed by atoms with E-state index in [0.717, 1.165) is 40.8 Å². The van der Waals surface area contributed by atoms with Crippen LogP contribution in [0, 0.1) is 5.92 Å². The molecule has 0 spiro atoms. The summed E-state index contributed by atoms with van der Waals surface area (Å²) in [6, 6.07) is 20.4. The number of tetrazole rings is 1. The van der Waals surface area contributed by atoms with Crippen molar-refractivity contribution in [3.63, 3.8) is 0 Å². The van der Waals surface area contributed by atoms with E-state index in [2.05, 4.69) is 50.0 Å². The monoisotopic (exact) mass is 438 g/mol. The number of hydrogen-bond donors (Lipinski definition) is 1. The summed E-state index contributed by atoms with van der Waals surface area (Å²) in [5.74, 6) is 2.84. The van der Waals surface area contributed by atoms with Crippen molar-refractivity contribution in [3.05, 3.63) is 78.1 Å². The molecule has 1 N–H and O–H groups in total. The zero-order valence-corrected chi connectivity index (χ0v) is 18.4. The lowest BCUT2D eigenvalue weighted by Crippen LogP contribution is -2.03. The Bertz CT molecular complexity index is 1250. The first kappa shape index (κ1) is 19.9. The van der Waals surface area contributed by atoms with Crippen LogP contribution < -0.4 is 10.1 Å². The Kier molecular flexibility index (Phi) is 5.22. The molecular formula is C26H26N6O. The highest BCUT2D eigenvalue weighted by molar-refractivity contribution is 5.70. The Hall–Kier alpha value is -3.74. The second-order valence-electron chi connectivity index (χ2n) is 8.95. The maximum absolute atomic E-state index is 6.01. The van der Waals surface area contributed by atoms with E-state index in [-0.39, 0.29) is 0 Å². The zero-order valence-electron chi connectivity index (χ0n) is 18.4. The summed E-state index contributed by atoms with van der Waals surface area (Å²) < 4.78 is 6.01. The van der Waals surface area contributed by atoms with E-state index < -0.39 is 0 Å². The standard InChI is InChI=1S/C26H26N6O/c1-2-13-27-22(5-1)17-33-23-11-12-25(24(15-23)19-9-10-19)28-21-6-3-4-20(14-21)26-29-31-32(30-26)16-18-7-8-18/h1-6,11-15,18-19,28H,7-10,16-17H2. The zero-order chi connectivity index (χ0) is 22.0. The third-order valence-electron chi connectivity index (χ3n) is 6.12. The molecule has 2 aromatic carbocycles. The van der Waals surface area contributed by atoms with Crippen molar-refractivity contribution in [1.82, 2.24) is 25.2 Å². The van der Waals surface area contributed by atoms with Gasteiger partial charge in [0, 0.05) is 23.1 Å². The van der Waals surface area contributed by atoms with Gasteiger partial charge < -0.3 is 10.1 Å². The summed E-state index contributed by atoms with van der Waals surface area (Å²) in [6.07, 6.45) is 6.76. The van der Waals surface area contributed by atoms with Crippen molar-refractivity contribution in [1.29, 1.82) is 0 Å². The first-order valence-corrected chi connectivity index (χ1v) is 11.6. The van der Waals surface area contributed by atoms with Gasteiger partial charge in [0.05, 0.1) is 12.2 Å². The molecule has 0 radical (unpaired) electrons. The fraction of sp³-hybridized carbons (Fsp3) is 0.308. The number of aromatic nitrogens is 5. The highest BCUT2D eigenvalue weighted by Gasteiger charge is 2.27. The Morgan fingerprint density at radius 3 is 2.73 bits per heavy atom. The van der Waals surface area contributed by atoms with Crippen LogP contribution in [0.3, 0.4) is 0 Å². The van der Waals surface area contributed by atoms with Gasteiger partial charge in [0.1, 0.15) is 12.4 Å². The number of hydrogen-bond acceptors (Lipinski definition) is 6. The predicted octanol–water partition coefficient (Wildman–Crippen LogP) is 5.35. The Balaban J connectivity index is 1.19. The van der Waals surface area contributed by atoms with E-state index in [9.17, 15) is 0 Å². The average molecular weight is 439 g/mol. The van der Waals surface area contributed by atoms with Gasteiger partial charge in [0.15, 0.2) is 0 Å². The molecule has 7 heteroatoms. The average Bonchev–Trinajstić information content (AvgIpc) is 3.78. The molecule has 2 aliphatic rings. The van der Waals surface area contributed by atoms with Gasteiger partial charge in [-0.1, -0.05) is 18.2 Å². The van der Waals surface area contributed by atoms with E-state index in [1.165, 1.54) is 31.2 Å². The topological polar surface area (TPSA) is 77.8 Å². The van der Waals surface area contributed by atoms with Crippen molar-refractivity contribution in [3.8, 4) is 17.1 Å². The van der Waals surface area contributed by atoms with Gasteiger partial charge in [-0.15, -0.1) is 10.2 Å². The summed E-state index contributed by atoms with van der Waals surface area (Å²) >= 11 is 0. The van der Waals surface area contributed by atoms with Gasteiger partial charge in [0.2, 0.25) is 5.82 Å². The second-order valence-corrected chi connectivity index (χ2v) is 8.95. The van der Waals surface area contributed by atoms with Crippen molar-refractivity contribution in [2.45, 2.75) is 44.8 Å². The fourth-order valence-corrected chi connectivity index (χ4v) is 3.98. The van der Waals surface area contributed by atoms with Crippen LogP contribution in [0.2, 0.25) is 0 Å². The molecule has 2 heterocycles. The minimum Gasteiger partial charge on any atom is -0.487 e. The largest absolute Gasteiger partial charge is 0.487 e. The lowest BCUT2D eigenvalue weighted by atomic mass is 10.1. The van der Waals surface area contributed by atoms with Crippen LogP contribution in [-0.2, 0) is 13.2 Å². The third kappa shape index (κ3) is 4.87. The van der Waals surface area contributed by atoms with Crippen LogP contribution in [0.1, 0.15) is 42.9 Å². The fourth-order valence-electron chi connectivity index (χ4n) is 3.98. The summed E-state index contributed by atoms with van der Waals surface area (Å²) in [5.41, 5.74) is 5.31. The highest BCUT2D eigenvalue weighted by Crippen LogP contribution is 2.45. The molecule has 0 amide bonds. The molecule has 33 heavy (non-hydrogen) atoms. The number of anilines is 2. The van der Waals surface area contributed by atoms with Gasteiger partial charge in [-0.05, 0) is 90.8 Å². The van der Waals surface area contributed by atoms with Gasteiger partial charge in [-0.3, -0.25) is 4.98 Å². The van der Waals surface area contributed by atoms with Gasteiger partial charge in [-0.25, -0.2) is 0 Å². The van der Waals surface area contributed by atoms with E-state index >= 15 is 0 Å². The third-order valence-corrected chi connectivity index (χ3v) is 6.12. The molecule has 0 bridgehead atoms. The van der Waals surface area contributed by atoms with Crippen LogP contribution in [0.4, 0.5) is 11.4 Å². The Labute approximate surface area is 192 Å². The van der Waals surface area contributed by atoms with Crippen molar-refractivity contribution >= 4 is 11.4 Å². The number of rotatable bonds is 9. The summed E-state index contributed by atoms with van der Waals surface area (Å²) in [4.78, 5) is 6.06. The molecule has 166 valence electrons. The van der Waals surface area contributed by atoms with Crippen LogP contribution in [-0.4, -0.2) is 25.2 Å². The van der Waals surface area contributed by atoms with Gasteiger partial charge in [-0.2, -0.15) is 4.80 Å². The minimum absolute atomic E-state index is 0.466. The molecule has 0 atom stereocenters. The van der Waals surface area contributed by atoms with Crippen LogP contribution in [0.25, 0.3) is 11.4 Å². The molecule has 4 aromatic rings. The SMILES string of the molecule is c1ccc(COc2ccc(Nc3cccc(-c4nnn(CC5CC5)n4)c3)c(C3CC3)c2)nc1. The highest BCUT2D eigenvalue weighted by atomic mass is 16.5. The van der Waals surface area contributed by atoms with Crippen LogP contribution in [0.5, 0.6) is 5.75 Å². The number of pyridine rings is 1. The number of ether oxygens (including phenoxy) is 1. The molecule has 6 rings (SSSR count). The summed E-state index contributed by atoms with van der Waals surface area (Å²) in [7, 11) is 0. The van der Waals surface area contributed by atoms with E-state index in [1.807, 2.05) is 36.4 Å². The molecule has 2 saturated carbocycles. The van der Waals surface area contributed by atoms with Gasteiger partial charge in [0.25, 0.3) is 0 Å². The Morgan fingerprint density at radius 1 is 0.970 bits per heavy atom. The molecule has 0 aliphatic heterocycles. The number of benzene rings is 2. The molecule has 2 aliphatic carbocycles. The first-order chi connectivity index (χ1) is 16.3. The van der Waals surface area contributed by atoms with Crippen molar-refractivity contribution in [2.24, 2.45) is 5.92 Å².